The molecule has 1 rings (SSSR count). The Morgan fingerprint density at radius 2 is 2.00 bits per heavy atom. The number of rotatable bonds is 3. The number of hydrogen-bond donors (Lipinski definition) is 1. The number of carbonyl (C=O) groups is 1. The van der Waals surface area contributed by atoms with Crippen LogP contribution < -0.4 is 0 Å². The van der Waals surface area contributed by atoms with Crippen molar-refractivity contribution in [2.24, 2.45) is 5.92 Å². The second kappa shape index (κ2) is 4.28. The maximum Gasteiger partial charge on any atom is 0.311 e. The molecule has 0 aliphatic carbocycles. The molecule has 0 saturated heterocycles. The molecule has 0 radical (unpaired) electrons. The summed E-state index contributed by atoms with van der Waals surface area (Å²) in [4.78, 5) is 11.2. The summed E-state index contributed by atoms with van der Waals surface area (Å²) >= 11 is 0. The Bertz CT molecular complexity index is 375. The average molecular weight is 224 g/mol. The van der Waals surface area contributed by atoms with Gasteiger partial charge in [0, 0.05) is 11.8 Å². The molecule has 0 spiro atoms. The fourth-order valence-corrected chi connectivity index (χ4v) is 1.68. The van der Waals surface area contributed by atoms with Gasteiger partial charge in [-0.2, -0.15) is 5.10 Å². The highest BCUT2D eigenvalue weighted by Crippen LogP contribution is 2.25. The molecule has 1 heterocycles. The lowest BCUT2D eigenvalue weighted by Crippen LogP contribution is -2.22. The van der Waals surface area contributed by atoms with Crippen LogP contribution in [0.15, 0.2) is 12.4 Å². The van der Waals surface area contributed by atoms with Gasteiger partial charge in [0.15, 0.2) is 0 Å². The standard InChI is InChI=1S/C12H20N2O2/c1-8(2)10(11(15)16)9-6-13-14(7-9)12(3,4)5/h6-8,10H,1-5H3,(H,15,16). The van der Waals surface area contributed by atoms with Gasteiger partial charge < -0.3 is 5.11 Å². The van der Waals surface area contributed by atoms with Crippen LogP contribution in [-0.2, 0) is 10.3 Å². The molecule has 0 aliphatic rings. The Kier molecular flexibility index (Phi) is 3.41. The lowest BCUT2D eigenvalue weighted by molar-refractivity contribution is -0.139. The van der Waals surface area contributed by atoms with Gasteiger partial charge in [-0.3, -0.25) is 9.48 Å². The molecular weight excluding hydrogens is 204 g/mol. The van der Waals surface area contributed by atoms with Crippen LogP contribution in [0.25, 0.3) is 0 Å². The van der Waals surface area contributed by atoms with Gasteiger partial charge in [0.25, 0.3) is 0 Å². The second-order valence-electron chi connectivity index (χ2n) is 5.45. The highest BCUT2D eigenvalue weighted by atomic mass is 16.4. The first-order chi connectivity index (χ1) is 7.23. The maximum absolute atomic E-state index is 11.2. The predicted octanol–water partition coefficient (Wildman–Crippen LogP) is 2.46. The molecular formula is C12H20N2O2. The molecule has 0 fully saturated rings. The SMILES string of the molecule is CC(C)C(C(=O)O)c1cnn(C(C)(C)C)c1. The third-order valence-corrected chi connectivity index (χ3v) is 2.58. The summed E-state index contributed by atoms with van der Waals surface area (Å²) in [5, 5.41) is 13.4. The van der Waals surface area contributed by atoms with Crippen molar-refractivity contribution >= 4 is 5.97 Å². The van der Waals surface area contributed by atoms with E-state index in [1.165, 1.54) is 0 Å². The lowest BCUT2D eigenvalue weighted by Gasteiger charge is -2.19. The van der Waals surface area contributed by atoms with Crippen molar-refractivity contribution in [1.82, 2.24) is 9.78 Å². The molecule has 1 atom stereocenters. The molecule has 0 saturated carbocycles. The number of nitrogens with zero attached hydrogens (tertiary/aromatic N) is 2. The van der Waals surface area contributed by atoms with Gasteiger partial charge in [0.05, 0.1) is 17.7 Å². The van der Waals surface area contributed by atoms with E-state index < -0.39 is 11.9 Å². The Morgan fingerprint density at radius 1 is 1.44 bits per heavy atom. The number of aliphatic carboxylic acids is 1. The summed E-state index contributed by atoms with van der Waals surface area (Å²) in [6.45, 7) is 9.93. The molecule has 1 unspecified atom stereocenters. The van der Waals surface area contributed by atoms with E-state index in [4.69, 9.17) is 0 Å². The van der Waals surface area contributed by atoms with Crippen LogP contribution in [0, 0.1) is 5.92 Å². The van der Waals surface area contributed by atoms with Crippen molar-refractivity contribution < 1.29 is 9.90 Å². The minimum atomic E-state index is -0.788. The van der Waals surface area contributed by atoms with E-state index in [0.29, 0.717) is 0 Å². The third-order valence-electron chi connectivity index (χ3n) is 2.58. The Morgan fingerprint density at radius 3 is 2.31 bits per heavy atom. The summed E-state index contributed by atoms with van der Waals surface area (Å²) in [7, 11) is 0. The van der Waals surface area contributed by atoms with Gasteiger partial charge in [-0.25, -0.2) is 0 Å². The number of carboxylic acids is 1. The summed E-state index contributed by atoms with van der Waals surface area (Å²) in [5.41, 5.74) is 0.663. The molecule has 0 aliphatic heterocycles. The van der Waals surface area contributed by atoms with Crippen molar-refractivity contribution in [1.29, 1.82) is 0 Å². The van der Waals surface area contributed by atoms with Crippen LogP contribution in [0.1, 0.15) is 46.1 Å². The third kappa shape index (κ3) is 2.62. The Labute approximate surface area is 96.3 Å². The quantitative estimate of drug-likeness (QED) is 0.858. The molecule has 0 aromatic carbocycles. The fraction of sp³-hybridized carbons (Fsp3) is 0.667. The number of hydrogen-bond acceptors (Lipinski definition) is 2. The minimum absolute atomic E-state index is 0.0649. The molecule has 1 N–H and O–H groups in total. The van der Waals surface area contributed by atoms with E-state index in [2.05, 4.69) is 5.10 Å². The van der Waals surface area contributed by atoms with Gasteiger partial charge in [0.1, 0.15) is 0 Å². The van der Waals surface area contributed by atoms with E-state index in [0.717, 1.165) is 5.56 Å². The molecule has 4 nitrogen and oxygen atoms in total. The number of aromatic nitrogens is 2. The van der Waals surface area contributed by atoms with E-state index in [1.807, 2.05) is 40.8 Å². The minimum Gasteiger partial charge on any atom is -0.481 e. The normalized spacial score (nSPS) is 14.1. The van der Waals surface area contributed by atoms with Crippen molar-refractivity contribution in [3.8, 4) is 0 Å². The van der Waals surface area contributed by atoms with Crippen LogP contribution in [0.3, 0.4) is 0 Å². The first-order valence-corrected chi connectivity index (χ1v) is 5.51. The highest BCUT2D eigenvalue weighted by molar-refractivity contribution is 5.76. The monoisotopic (exact) mass is 224 g/mol. The predicted molar refractivity (Wildman–Crippen MR) is 62.4 cm³/mol. The van der Waals surface area contributed by atoms with E-state index in [-0.39, 0.29) is 11.5 Å². The Hall–Kier alpha value is -1.32. The molecule has 90 valence electrons. The van der Waals surface area contributed by atoms with Crippen LogP contribution >= 0.6 is 0 Å². The number of carboxylic acid groups (broad SMARTS) is 1. The molecule has 1 aromatic heterocycles. The van der Waals surface area contributed by atoms with Crippen LogP contribution in [0.4, 0.5) is 0 Å². The molecule has 0 bridgehead atoms. The van der Waals surface area contributed by atoms with E-state index >= 15 is 0 Å². The Balaban J connectivity index is 3.04. The van der Waals surface area contributed by atoms with Crippen molar-refractivity contribution in [2.45, 2.75) is 46.1 Å². The van der Waals surface area contributed by atoms with Gasteiger partial charge in [-0.15, -0.1) is 0 Å². The molecule has 4 heteroatoms. The maximum atomic E-state index is 11.2. The molecule has 16 heavy (non-hydrogen) atoms. The highest BCUT2D eigenvalue weighted by Gasteiger charge is 2.26. The van der Waals surface area contributed by atoms with Crippen molar-refractivity contribution in [2.75, 3.05) is 0 Å². The zero-order chi connectivity index (χ0) is 12.5. The van der Waals surface area contributed by atoms with Gasteiger partial charge in [-0.1, -0.05) is 13.8 Å². The van der Waals surface area contributed by atoms with E-state index in [1.54, 1.807) is 10.9 Å². The lowest BCUT2D eigenvalue weighted by atomic mass is 9.91. The van der Waals surface area contributed by atoms with Gasteiger partial charge in [-0.05, 0) is 26.7 Å². The summed E-state index contributed by atoms with van der Waals surface area (Å²) in [5.74, 6) is -1.20. The van der Waals surface area contributed by atoms with Crippen LogP contribution in [-0.4, -0.2) is 20.9 Å². The smallest absolute Gasteiger partial charge is 0.311 e. The van der Waals surface area contributed by atoms with Crippen molar-refractivity contribution in [3.63, 3.8) is 0 Å². The summed E-state index contributed by atoms with van der Waals surface area (Å²) in [6, 6.07) is 0. The topological polar surface area (TPSA) is 55.1 Å². The first-order valence-electron chi connectivity index (χ1n) is 5.51. The molecule has 0 amide bonds. The van der Waals surface area contributed by atoms with Gasteiger partial charge in [0.2, 0.25) is 0 Å². The van der Waals surface area contributed by atoms with Crippen LogP contribution in [0.5, 0.6) is 0 Å². The largest absolute Gasteiger partial charge is 0.481 e. The van der Waals surface area contributed by atoms with Gasteiger partial charge >= 0.3 is 5.97 Å². The summed E-state index contributed by atoms with van der Waals surface area (Å²) < 4.78 is 1.81. The zero-order valence-electron chi connectivity index (χ0n) is 10.6. The molecule has 1 aromatic rings. The van der Waals surface area contributed by atoms with Crippen LogP contribution in [0.2, 0.25) is 0 Å². The fourth-order valence-electron chi connectivity index (χ4n) is 1.68. The van der Waals surface area contributed by atoms with E-state index in [9.17, 15) is 9.90 Å². The zero-order valence-corrected chi connectivity index (χ0v) is 10.6. The first kappa shape index (κ1) is 12.7. The summed E-state index contributed by atoms with van der Waals surface area (Å²) in [6.07, 6.45) is 3.49. The second-order valence-corrected chi connectivity index (χ2v) is 5.45. The van der Waals surface area contributed by atoms with Crippen molar-refractivity contribution in [3.05, 3.63) is 18.0 Å². The average Bonchev–Trinajstić information content (AvgIpc) is 2.50.